The zero-order valence-electron chi connectivity index (χ0n) is 7.38. The van der Waals surface area contributed by atoms with Crippen molar-refractivity contribution in [3.05, 3.63) is 31.6 Å². The lowest BCUT2D eigenvalue weighted by atomic mass is 10.4. The molecule has 1 heterocycles. The molecular weight excluding hydrogens is 316 g/mol. The second-order valence-electron chi connectivity index (χ2n) is 2.61. The summed E-state index contributed by atoms with van der Waals surface area (Å²) in [5, 5.41) is 2.45. The molecule has 6 heteroatoms. The Balaban J connectivity index is 3.09. The average Bonchev–Trinajstić information content (AvgIpc) is 2.13. The number of aromatic nitrogens is 1. The van der Waals surface area contributed by atoms with Gasteiger partial charge in [-0.1, -0.05) is 0 Å². The summed E-state index contributed by atoms with van der Waals surface area (Å²) in [5.74, 6) is -0.211. The third-order valence-corrected chi connectivity index (χ3v) is 2.60. The molecule has 1 amide bonds. The third-order valence-electron chi connectivity index (χ3n) is 1.60. The number of likely N-dealkylation sites (N-methyl/N-ethyl adjacent to an activating group) is 1. The normalized spacial score (nSPS) is 9.93. The summed E-state index contributed by atoms with van der Waals surface area (Å²) in [5.41, 5.74) is -0.225. The number of pyridine rings is 1. The van der Waals surface area contributed by atoms with Crippen molar-refractivity contribution in [3.63, 3.8) is 0 Å². The lowest BCUT2D eigenvalue weighted by Gasteiger charge is -2.05. The van der Waals surface area contributed by atoms with Crippen LogP contribution in [0.5, 0.6) is 0 Å². The highest BCUT2D eigenvalue weighted by molar-refractivity contribution is 9.11. The summed E-state index contributed by atoms with van der Waals surface area (Å²) in [6.07, 6.45) is 1.57. The van der Waals surface area contributed by atoms with Crippen LogP contribution in [0.15, 0.2) is 26.0 Å². The molecule has 0 aliphatic carbocycles. The van der Waals surface area contributed by atoms with Gasteiger partial charge in [0.2, 0.25) is 5.91 Å². The number of hydrogen-bond acceptors (Lipinski definition) is 2. The van der Waals surface area contributed by atoms with E-state index >= 15 is 0 Å². The molecule has 1 aromatic heterocycles. The first-order valence-corrected chi connectivity index (χ1v) is 5.39. The lowest BCUT2D eigenvalue weighted by molar-refractivity contribution is -0.121. The van der Waals surface area contributed by atoms with E-state index in [-0.39, 0.29) is 18.0 Å². The van der Waals surface area contributed by atoms with Gasteiger partial charge in [-0.25, -0.2) is 0 Å². The van der Waals surface area contributed by atoms with E-state index in [9.17, 15) is 9.59 Å². The quantitative estimate of drug-likeness (QED) is 0.886. The Morgan fingerprint density at radius 1 is 1.57 bits per heavy atom. The molecule has 1 rings (SSSR count). The minimum Gasteiger partial charge on any atom is -0.358 e. The lowest BCUT2D eigenvalue weighted by Crippen LogP contribution is -2.30. The van der Waals surface area contributed by atoms with Crippen molar-refractivity contribution in [2.45, 2.75) is 6.54 Å². The van der Waals surface area contributed by atoms with Gasteiger partial charge in [-0.3, -0.25) is 9.59 Å². The number of hydrogen-bond donors (Lipinski definition) is 1. The van der Waals surface area contributed by atoms with Crippen LogP contribution in [0.4, 0.5) is 0 Å². The smallest absolute Gasteiger partial charge is 0.265 e. The van der Waals surface area contributed by atoms with Crippen LogP contribution >= 0.6 is 31.9 Å². The monoisotopic (exact) mass is 322 g/mol. The van der Waals surface area contributed by atoms with Crippen LogP contribution in [0.1, 0.15) is 0 Å². The van der Waals surface area contributed by atoms with Gasteiger partial charge in [0, 0.05) is 17.7 Å². The second-order valence-corrected chi connectivity index (χ2v) is 4.38. The molecule has 1 aromatic rings. The fourth-order valence-corrected chi connectivity index (χ4v) is 2.17. The van der Waals surface area contributed by atoms with E-state index in [0.717, 1.165) is 4.47 Å². The summed E-state index contributed by atoms with van der Waals surface area (Å²) in [4.78, 5) is 22.5. The van der Waals surface area contributed by atoms with E-state index in [1.54, 1.807) is 12.3 Å². The summed E-state index contributed by atoms with van der Waals surface area (Å²) < 4.78 is 2.50. The molecule has 4 nitrogen and oxygen atoms in total. The van der Waals surface area contributed by atoms with Crippen LogP contribution in [0.2, 0.25) is 0 Å². The molecule has 0 aromatic carbocycles. The van der Waals surface area contributed by atoms with Crippen molar-refractivity contribution in [1.82, 2.24) is 9.88 Å². The van der Waals surface area contributed by atoms with Crippen LogP contribution < -0.4 is 10.9 Å². The molecule has 0 radical (unpaired) electrons. The minimum absolute atomic E-state index is 0.0212. The average molecular weight is 324 g/mol. The van der Waals surface area contributed by atoms with Gasteiger partial charge in [0.1, 0.15) is 6.54 Å². The van der Waals surface area contributed by atoms with E-state index in [1.807, 2.05) is 0 Å². The Morgan fingerprint density at radius 3 is 2.79 bits per heavy atom. The minimum atomic E-state index is -0.225. The van der Waals surface area contributed by atoms with Crippen LogP contribution in [-0.2, 0) is 11.3 Å². The van der Waals surface area contributed by atoms with Gasteiger partial charge in [0.05, 0.1) is 4.47 Å². The Bertz CT molecular complexity index is 414. The molecule has 1 N–H and O–H groups in total. The largest absolute Gasteiger partial charge is 0.358 e. The van der Waals surface area contributed by atoms with Crippen LogP contribution in [0.25, 0.3) is 0 Å². The van der Waals surface area contributed by atoms with Crippen LogP contribution in [0.3, 0.4) is 0 Å². The predicted molar refractivity (Wildman–Crippen MR) is 60.2 cm³/mol. The molecule has 0 saturated carbocycles. The molecule has 76 valence electrons. The first kappa shape index (κ1) is 11.5. The fraction of sp³-hybridized carbons (Fsp3) is 0.250. The van der Waals surface area contributed by atoms with E-state index in [2.05, 4.69) is 37.2 Å². The SMILES string of the molecule is CNC(=O)Cn1cc(Br)cc(Br)c1=O. The van der Waals surface area contributed by atoms with Gasteiger partial charge in [0.25, 0.3) is 5.56 Å². The predicted octanol–water partition coefficient (Wildman–Crippen LogP) is 1.12. The zero-order valence-corrected chi connectivity index (χ0v) is 10.6. The fourth-order valence-electron chi connectivity index (χ4n) is 0.916. The molecule has 0 aliphatic rings. The van der Waals surface area contributed by atoms with E-state index < -0.39 is 0 Å². The third kappa shape index (κ3) is 2.68. The maximum atomic E-state index is 11.5. The molecule has 0 fully saturated rings. The highest BCUT2D eigenvalue weighted by Gasteiger charge is 2.06. The van der Waals surface area contributed by atoms with Gasteiger partial charge < -0.3 is 9.88 Å². The van der Waals surface area contributed by atoms with Crippen LogP contribution in [0, 0.1) is 0 Å². The molecule has 0 saturated heterocycles. The number of nitrogens with one attached hydrogen (secondary N) is 1. The van der Waals surface area contributed by atoms with E-state index in [0.29, 0.717) is 4.47 Å². The Hall–Kier alpha value is -0.620. The maximum absolute atomic E-state index is 11.5. The summed E-state index contributed by atoms with van der Waals surface area (Å²) in [6, 6.07) is 1.64. The molecule has 0 spiro atoms. The van der Waals surface area contributed by atoms with Gasteiger partial charge in [-0.2, -0.15) is 0 Å². The van der Waals surface area contributed by atoms with Crippen molar-refractivity contribution in [2.75, 3.05) is 7.05 Å². The van der Waals surface area contributed by atoms with Crippen molar-refractivity contribution in [3.8, 4) is 0 Å². The van der Waals surface area contributed by atoms with Gasteiger partial charge in [-0.05, 0) is 37.9 Å². The molecular formula is C8H8Br2N2O2. The number of amides is 1. The van der Waals surface area contributed by atoms with Crippen molar-refractivity contribution >= 4 is 37.8 Å². The summed E-state index contributed by atoms with van der Waals surface area (Å²) in [6.45, 7) is 0.0212. The topological polar surface area (TPSA) is 51.1 Å². The van der Waals surface area contributed by atoms with Crippen molar-refractivity contribution < 1.29 is 4.79 Å². The van der Waals surface area contributed by atoms with Gasteiger partial charge in [-0.15, -0.1) is 0 Å². The summed E-state index contributed by atoms with van der Waals surface area (Å²) >= 11 is 6.35. The number of nitrogens with zero attached hydrogens (tertiary/aromatic N) is 1. The van der Waals surface area contributed by atoms with Gasteiger partial charge in [0.15, 0.2) is 0 Å². The maximum Gasteiger partial charge on any atom is 0.265 e. The highest BCUT2D eigenvalue weighted by Crippen LogP contribution is 2.12. The second kappa shape index (κ2) is 4.75. The Morgan fingerprint density at radius 2 is 2.21 bits per heavy atom. The highest BCUT2D eigenvalue weighted by atomic mass is 79.9. The molecule has 0 unspecified atom stereocenters. The van der Waals surface area contributed by atoms with Gasteiger partial charge >= 0.3 is 0 Å². The number of carbonyl (C=O) groups excluding carboxylic acids is 1. The van der Waals surface area contributed by atoms with Crippen LogP contribution in [-0.4, -0.2) is 17.5 Å². The number of rotatable bonds is 2. The standard InChI is InChI=1S/C8H8Br2N2O2/c1-11-7(13)4-12-3-5(9)2-6(10)8(12)14/h2-3H,4H2,1H3,(H,11,13). The first-order chi connectivity index (χ1) is 6.54. The first-order valence-electron chi connectivity index (χ1n) is 3.80. The molecule has 0 bridgehead atoms. The molecule has 0 atom stereocenters. The molecule has 14 heavy (non-hydrogen) atoms. The Labute approximate surface area is 97.6 Å². The molecule has 0 aliphatic heterocycles. The number of halogens is 2. The van der Waals surface area contributed by atoms with E-state index in [4.69, 9.17) is 0 Å². The summed E-state index contributed by atoms with van der Waals surface area (Å²) in [7, 11) is 1.53. The zero-order chi connectivity index (χ0) is 10.7. The number of carbonyl (C=O) groups is 1. The van der Waals surface area contributed by atoms with E-state index in [1.165, 1.54) is 11.6 Å². The Kier molecular flexibility index (Phi) is 3.88. The van der Waals surface area contributed by atoms with Crippen molar-refractivity contribution in [2.24, 2.45) is 0 Å². The van der Waals surface area contributed by atoms with Crippen molar-refractivity contribution in [1.29, 1.82) is 0 Å².